The predicted octanol–water partition coefficient (Wildman–Crippen LogP) is 5.43. The first-order chi connectivity index (χ1) is 25.0. The zero-order valence-corrected chi connectivity index (χ0v) is 28.5. The number of benzene rings is 4. The zero-order valence-electron chi connectivity index (χ0n) is 28.5. The van der Waals surface area contributed by atoms with Gasteiger partial charge in [-0.25, -0.2) is 0 Å². The Labute approximate surface area is 293 Å². The second kappa shape index (κ2) is 11.6. The van der Waals surface area contributed by atoms with Crippen LogP contribution in [0.4, 0.5) is 0 Å². The minimum absolute atomic E-state index is 0.112. The molecule has 10 rings (SSSR count). The van der Waals surface area contributed by atoms with Crippen LogP contribution >= 0.6 is 0 Å². The first-order valence-corrected chi connectivity index (χ1v) is 17.0. The fraction of sp³-hybridized carbons (Fsp3) is 0.385. The third-order valence-electron chi connectivity index (χ3n) is 10.9. The van der Waals surface area contributed by atoms with Gasteiger partial charge in [0.15, 0.2) is 46.0 Å². The fourth-order valence-corrected chi connectivity index (χ4v) is 8.57. The molecule has 12 nitrogen and oxygen atoms in total. The zero-order chi connectivity index (χ0) is 34.4. The van der Waals surface area contributed by atoms with E-state index in [1.54, 1.807) is 28.4 Å². The molecule has 0 amide bonds. The van der Waals surface area contributed by atoms with Gasteiger partial charge >= 0.3 is 6.16 Å². The summed E-state index contributed by atoms with van der Waals surface area (Å²) in [7, 11) is 6.50. The molecule has 0 N–H and O–H groups in total. The topological polar surface area (TPSA) is 111 Å². The van der Waals surface area contributed by atoms with Crippen molar-refractivity contribution in [1.82, 2.24) is 0 Å². The highest BCUT2D eigenvalue weighted by molar-refractivity contribution is 5.58. The quantitative estimate of drug-likeness (QED) is 0.256. The lowest BCUT2D eigenvalue weighted by atomic mass is 9.75. The lowest BCUT2D eigenvalue weighted by molar-refractivity contribution is -0.388. The van der Waals surface area contributed by atoms with E-state index in [1.165, 1.54) is 0 Å². The van der Waals surface area contributed by atoms with Crippen LogP contribution in [0.3, 0.4) is 0 Å². The molecule has 4 heterocycles. The van der Waals surface area contributed by atoms with E-state index < -0.39 is 18.4 Å². The fourth-order valence-electron chi connectivity index (χ4n) is 8.57. The Morgan fingerprint density at radius 1 is 0.529 bits per heavy atom. The van der Waals surface area contributed by atoms with Crippen LogP contribution < -0.4 is 37.9 Å². The molecule has 264 valence electrons. The van der Waals surface area contributed by atoms with E-state index in [9.17, 15) is 0 Å². The van der Waals surface area contributed by atoms with Crippen LogP contribution in [0.1, 0.15) is 45.2 Å². The van der Waals surface area contributed by atoms with Gasteiger partial charge in [-0.3, -0.25) is 9.47 Å². The number of hydrogen-bond donors (Lipinski definition) is 0. The van der Waals surface area contributed by atoms with E-state index >= 15 is 0 Å². The molecule has 0 saturated carbocycles. The number of fused-ring (bicyclic) bond motifs is 6. The van der Waals surface area contributed by atoms with Gasteiger partial charge in [0, 0.05) is 24.7 Å². The van der Waals surface area contributed by atoms with Gasteiger partial charge in [0.2, 0.25) is 6.79 Å². The Bertz CT molecular complexity index is 2050. The van der Waals surface area contributed by atoms with E-state index in [4.69, 9.17) is 56.8 Å². The van der Waals surface area contributed by atoms with Crippen LogP contribution in [0.15, 0.2) is 60.7 Å². The van der Waals surface area contributed by atoms with Crippen molar-refractivity contribution in [2.75, 3.05) is 42.0 Å². The van der Waals surface area contributed by atoms with Crippen LogP contribution in [-0.2, 0) is 31.8 Å². The SMILES string of the molecule is COc1ccc(C2c3cc(OC)c(OC)cc3CC3OC4(Oc5cc6c(cc5O4)C(c4ccc5c(c4)OCO5)C4OCOC4C6)OC32)cc1OC. The summed E-state index contributed by atoms with van der Waals surface area (Å²) >= 11 is 0. The number of hydrogen-bond acceptors (Lipinski definition) is 12. The maximum atomic E-state index is 6.79. The number of rotatable bonds is 6. The van der Waals surface area contributed by atoms with Gasteiger partial charge in [-0.2, -0.15) is 0 Å². The molecule has 2 saturated heterocycles. The second-order valence-electron chi connectivity index (χ2n) is 13.4. The molecule has 4 aromatic rings. The second-order valence-corrected chi connectivity index (χ2v) is 13.4. The van der Waals surface area contributed by atoms with Crippen LogP contribution in [0, 0.1) is 0 Å². The van der Waals surface area contributed by atoms with E-state index in [0.717, 1.165) is 39.1 Å². The van der Waals surface area contributed by atoms with Gasteiger partial charge in [0.1, 0.15) is 12.9 Å². The van der Waals surface area contributed by atoms with Crippen LogP contribution in [-0.4, -0.2) is 72.6 Å². The Morgan fingerprint density at radius 3 is 2.00 bits per heavy atom. The Balaban J connectivity index is 1.02. The van der Waals surface area contributed by atoms with Crippen LogP contribution in [0.5, 0.6) is 46.0 Å². The highest BCUT2D eigenvalue weighted by atomic mass is 17.1. The summed E-state index contributed by atoms with van der Waals surface area (Å²) in [5.74, 6) is 4.56. The van der Waals surface area contributed by atoms with Crippen molar-refractivity contribution < 1.29 is 56.8 Å². The summed E-state index contributed by atoms with van der Waals surface area (Å²) in [6, 6.07) is 20.0. The number of methoxy groups -OCH3 is 4. The van der Waals surface area contributed by atoms with Gasteiger partial charge in [-0.1, -0.05) is 12.1 Å². The summed E-state index contributed by atoms with van der Waals surface area (Å²) in [4.78, 5) is 0. The van der Waals surface area contributed by atoms with Gasteiger partial charge in [-0.05, 0) is 81.9 Å². The number of ether oxygens (including phenoxy) is 12. The molecule has 4 aliphatic heterocycles. The average Bonchev–Trinajstić information content (AvgIpc) is 3.96. The Hall–Kier alpha value is -4.88. The highest BCUT2D eigenvalue weighted by Crippen LogP contribution is 2.55. The van der Waals surface area contributed by atoms with Crippen molar-refractivity contribution in [2.24, 2.45) is 0 Å². The predicted molar refractivity (Wildman–Crippen MR) is 178 cm³/mol. The largest absolute Gasteiger partial charge is 0.511 e. The molecular weight excluding hydrogens is 660 g/mol. The van der Waals surface area contributed by atoms with Crippen LogP contribution in [0.25, 0.3) is 0 Å². The minimum Gasteiger partial charge on any atom is -0.493 e. The van der Waals surface area contributed by atoms with Crippen molar-refractivity contribution >= 4 is 0 Å². The van der Waals surface area contributed by atoms with Crippen molar-refractivity contribution in [1.29, 1.82) is 0 Å². The Kier molecular flexibility index (Phi) is 7.01. The molecule has 2 fully saturated rings. The van der Waals surface area contributed by atoms with Gasteiger partial charge in [0.25, 0.3) is 0 Å². The van der Waals surface area contributed by atoms with Crippen molar-refractivity contribution in [3.63, 3.8) is 0 Å². The smallest absolute Gasteiger partial charge is 0.493 e. The first kappa shape index (κ1) is 30.9. The van der Waals surface area contributed by atoms with Crippen molar-refractivity contribution in [3.05, 3.63) is 94.0 Å². The average molecular weight is 697 g/mol. The minimum atomic E-state index is -1.79. The molecule has 4 aromatic carbocycles. The highest BCUT2D eigenvalue weighted by Gasteiger charge is 2.61. The third kappa shape index (κ3) is 4.73. The molecule has 7 atom stereocenters. The van der Waals surface area contributed by atoms with Crippen molar-refractivity contribution in [2.45, 2.75) is 55.3 Å². The first-order valence-electron chi connectivity index (χ1n) is 17.0. The van der Waals surface area contributed by atoms with Crippen LogP contribution in [0.2, 0.25) is 0 Å². The molecule has 2 aliphatic carbocycles. The van der Waals surface area contributed by atoms with Gasteiger partial charge in [0.05, 0.1) is 46.8 Å². The molecule has 6 aliphatic rings. The van der Waals surface area contributed by atoms with E-state index in [2.05, 4.69) is 6.07 Å². The molecule has 7 unspecified atom stereocenters. The van der Waals surface area contributed by atoms with E-state index in [-0.39, 0.29) is 37.6 Å². The molecule has 12 heteroatoms. The van der Waals surface area contributed by atoms with Gasteiger partial charge in [-0.15, -0.1) is 0 Å². The molecule has 0 radical (unpaired) electrons. The summed E-state index contributed by atoms with van der Waals surface area (Å²) in [6.07, 6.45) is -1.78. The Morgan fingerprint density at radius 2 is 1.18 bits per heavy atom. The van der Waals surface area contributed by atoms with Gasteiger partial charge < -0.3 is 47.4 Å². The lowest BCUT2D eigenvalue weighted by Gasteiger charge is -2.34. The monoisotopic (exact) mass is 696 g/mol. The maximum absolute atomic E-state index is 6.79. The summed E-state index contributed by atoms with van der Waals surface area (Å²) in [5.41, 5.74) is 6.18. The van der Waals surface area contributed by atoms with E-state index in [0.29, 0.717) is 53.1 Å². The summed E-state index contributed by atoms with van der Waals surface area (Å²) < 4.78 is 72.7. The molecule has 0 bridgehead atoms. The normalized spacial score (nSPS) is 28.9. The van der Waals surface area contributed by atoms with Crippen molar-refractivity contribution in [3.8, 4) is 46.0 Å². The lowest BCUT2D eigenvalue weighted by Crippen LogP contribution is -2.40. The molecule has 51 heavy (non-hydrogen) atoms. The standard InChI is InChI=1S/C39H36O12/c1-40-25-7-5-19(9-27(25)41-2)36-23-15-29(43-4)28(42-3)11-21(23)14-34-38(36)51-39(50-34)48-31-12-22-13-33-37(47-18-46-33)35(24(22)16-32(31)49-39)20-6-8-26-30(10-20)45-17-44-26/h5-12,15-16,33-38H,13-14,17-18H2,1-4H3. The summed E-state index contributed by atoms with van der Waals surface area (Å²) in [6.45, 7) is 0.444. The summed E-state index contributed by atoms with van der Waals surface area (Å²) in [5, 5.41) is 0. The maximum Gasteiger partial charge on any atom is 0.511 e. The molecule has 1 spiro atoms. The molecular formula is C39H36O12. The van der Waals surface area contributed by atoms with E-state index in [1.807, 2.05) is 54.6 Å². The molecule has 0 aromatic heterocycles. The third-order valence-corrected chi connectivity index (χ3v) is 10.9.